The summed E-state index contributed by atoms with van der Waals surface area (Å²) in [5.74, 6) is 0. The van der Waals surface area contributed by atoms with Crippen molar-refractivity contribution in [2.75, 3.05) is 6.54 Å². The molecule has 2 rings (SSSR count). The molecule has 0 unspecified atom stereocenters. The average molecular weight is 310 g/mol. The lowest BCUT2D eigenvalue weighted by Crippen LogP contribution is -2.44. The zero-order valence-corrected chi connectivity index (χ0v) is 14.8. The Labute approximate surface area is 128 Å². The molecule has 20 heavy (non-hydrogen) atoms. The van der Waals surface area contributed by atoms with Gasteiger partial charge in [0.05, 0.1) is 12.6 Å². The molecule has 1 aliphatic rings. The fraction of sp³-hybridized carbons (Fsp3) is 0.562. The molecular formula is C16H24ClNOSi. The lowest BCUT2D eigenvalue weighted by Gasteiger charge is -2.38. The van der Waals surface area contributed by atoms with Gasteiger partial charge in [0.25, 0.3) is 0 Å². The first-order valence-electron chi connectivity index (χ1n) is 7.16. The number of nitrogens with zero attached hydrogens (tertiary/aromatic N) is 1. The number of hydrogen-bond donors (Lipinski definition) is 0. The van der Waals surface area contributed by atoms with Crippen LogP contribution < -0.4 is 0 Å². The molecule has 0 saturated carbocycles. The molecule has 0 spiro atoms. The molecule has 0 amide bonds. The third kappa shape index (κ3) is 3.51. The van der Waals surface area contributed by atoms with Crippen LogP contribution in [0.4, 0.5) is 0 Å². The molecule has 2 nitrogen and oxygen atoms in total. The molecule has 1 aliphatic heterocycles. The summed E-state index contributed by atoms with van der Waals surface area (Å²) >= 11 is 5.93. The first kappa shape index (κ1) is 15.7. The van der Waals surface area contributed by atoms with Gasteiger partial charge in [-0.05, 0) is 35.8 Å². The minimum atomic E-state index is -1.70. The van der Waals surface area contributed by atoms with Crippen LogP contribution in [0.1, 0.15) is 32.8 Å². The van der Waals surface area contributed by atoms with E-state index >= 15 is 0 Å². The Morgan fingerprint density at radius 1 is 1.20 bits per heavy atom. The minimum Gasteiger partial charge on any atom is -0.412 e. The van der Waals surface area contributed by atoms with E-state index in [0.29, 0.717) is 0 Å². The Balaban J connectivity index is 2.00. The van der Waals surface area contributed by atoms with Crippen LogP contribution in [-0.2, 0) is 4.43 Å². The molecule has 1 heterocycles. The van der Waals surface area contributed by atoms with Crippen LogP contribution in [0, 0.1) is 0 Å². The van der Waals surface area contributed by atoms with Crippen LogP contribution >= 0.6 is 11.6 Å². The average Bonchev–Trinajstić information content (AvgIpc) is 2.76. The monoisotopic (exact) mass is 309 g/mol. The first-order chi connectivity index (χ1) is 9.19. The Morgan fingerprint density at radius 3 is 2.35 bits per heavy atom. The predicted molar refractivity (Wildman–Crippen MR) is 89.5 cm³/mol. The van der Waals surface area contributed by atoms with E-state index in [-0.39, 0.29) is 11.1 Å². The summed E-state index contributed by atoms with van der Waals surface area (Å²) in [6, 6.07) is 7.91. The third-order valence-electron chi connectivity index (χ3n) is 4.35. The predicted octanol–water partition coefficient (Wildman–Crippen LogP) is 4.92. The Hall–Kier alpha value is -0.643. The molecule has 0 N–H and O–H groups in total. The molecular weight excluding hydrogens is 286 g/mol. The van der Waals surface area contributed by atoms with Crippen LogP contribution in [0.2, 0.25) is 23.2 Å². The molecule has 0 aliphatic carbocycles. The summed E-state index contributed by atoms with van der Waals surface area (Å²) in [5, 5.41) is 1.01. The molecule has 4 heteroatoms. The van der Waals surface area contributed by atoms with E-state index in [2.05, 4.69) is 38.9 Å². The fourth-order valence-corrected chi connectivity index (χ4v) is 3.55. The molecule has 0 radical (unpaired) electrons. The van der Waals surface area contributed by atoms with Gasteiger partial charge in [0.15, 0.2) is 8.32 Å². The SMILES string of the molecule is CC(C)(C)[Si](C)(C)O[C@@H]1CN=C(c2ccc(Cl)cc2)C1. The maximum Gasteiger partial charge on any atom is 0.192 e. The van der Waals surface area contributed by atoms with Crippen molar-refractivity contribution in [3.05, 3.63) is 34.9 Å². The maximum absolute atomic E-state index is 6.44. The van der Waals surface area contributed by atoms with E-state index in [1.54, 1.807) is 0 Å². The van der Waals surface area contributed by atoms with Crippen molar-refractivity contribution < 1.29 is 4.43 Å². The third-order valence-corrected chi connectivity index (χ3v) is 9.14. The number of rotatable bonds is 3. The number of halogens is 1. The second kappa shape index (κ2) is 5.62. The molecule has 1 aromatic carbocycles. The lowest BCUT2D eigenvalue weighted by atomic mass is 10.1. The zero-order chi connectivity index (χ0) is 15.0. The highest BCUT2D eigenvalue weighted by Crippen LogP contribution is 2.38. The van der Waals surface area contributed by atoms with Crippen LogP contribution in [0.5, 0.6) is 0 Å². The van der Waals surface area contributed by atoms with Crippen molar-refractivity contribution in [2.45, 2.75) is 51.4 Å². The van der Waals surface area contributed by atoms with E-state index in [0.717, 1.165) is 29.3 Å². The van der Waals surface area contributed by atoms with Crippen LogP contribution in [0.3, 0.4) is 0 Å². The van der Waals surface area contributed by atoms with Gasteiger partial charge >= 0.3 is 0 Å². The van der Waals surface area contributed by atoms with Gasteiger partial charge in [0, 0.05) is 17.2 Å². The van der Waals surface area contributed by atoms with E-state index in [4.69, 9.17) is 16.0 Å². The van der Waals surface area contributed by atoms with Gasteiger partial charge in [-0.25, -0.2) is 0 Å². The highest BCUT2D eigenvalue weighted by molar-refractivity contribution is 6.74. The van der Waals surface area contributed by atoms with Crippen molar-refractivity contribution in [1.29, 1.82) is 0 Å². The molecule has 0 aromatic heterocycles. The van der Waals surface area contributed by atoms with E-state index in [1.807, 2.05) is 24.3 Å². The molecule has 0 bridgehead atoms. The van der Waals surface area contributed by atoms with Crippen molar-refractivity contribution in [1.82, 2.24) is 0 Å². The van der Waals surface area contributed by atoms with E-state index in [9.17, 15) is 0 Å². The highest BCUT2D eigenvalue weighted by Gasteiger charge is 2.40. The summed E-state index contributed by atoms with van der Waals surface area (Å²) < 4.78 is 6.44. The largest absolute Gasteiger partial charge is 0.412 e. The second-order valence-electron chi connectivity index (χ2n) is 7.00. The maximum atomic E-state index is 6.44. The summed E-state index contributed by atoms with van der Waals surface area (Å²) in [6.07, 6.45) is 1.15. The van der Waals surface area contributed by atoms with Crippen LogP contribution in [-0.4, -0.2) is 26.7 Å². The first-order valence-corrected chi connectivity index (χ1v) is 10.4. The molecule has 0 saturated heterocycles. The topological polar surface area (TPSA) is 21.6 Å². The molecule has 110 valence electrons. The lowest BCUT2D eigenvalue weighted by molar-refractivity contribution is 0.203. The second-order valence-corrected chi connectivity index (χ2v) is 12.2. The normalized spacial score (nSPS) is 20.1. The van der Waals surface area contributed by atoms with Gasteiger partial charge < -0.3 is 4.43 Å². The van der Waals surface area contributed by atoms with Gasteiger partial charge in [-0.15, -0.1) is 0 Å². The molecule has 1 aromatic rings. The summed E-state index contributed by atoms with van der Waals surface area (Å²) in [7, 11) is -1.70. The van der Waals surface area contributed by atoms with Crippen molar-refractivity contribution >= 4 is 25.6 Å². The smallest absolute Gasteiger partial charge is 0.192 e. The molecule has 0 fully saturated rings. The Kier molecular flexibility index (Phi) is 4.43. The fourth-order valence-electron chi connectivity index (χ4n) is 2.08. The molecule has 1 atom stereocenters. The van der Waals surface area contributed by atoms with E-state index in [1.165, 1.54) is 0 Å². The van der Waals surface area contributed by atoms with Gasteiger partial charge in [-0.1, -0.05) is 44.5 Å². The summed E-state index contributed by atoms with van der Waals surface area (Å²) in [5.41, 5.74) is 2.31. The number of benzene rings is 1. The minimum absolute atomic E-state index is 0.238. The van der Waals surface area contributed by atoms with Gasteiger partial charge in [-0.2, -0.15) is 0 Å². The van der Waals surface area contributed by atoms with Gasteiger partial charge in [-0.3, -0.25) is 4.99 Å². The van der Waals surface area contributed by atoms with Crippen molar-refractivity contribution in [3.8, 4) is 0 Å². The van der Waals surface area contributed by atoms with Crippen LogP contribution in [0.15, 0.2) is 29.3 Å². The number of hydrogen-bond acceptors (Lipinski definition) is 2. The van der Waals surface area contributed by atoms with Crippen molar-refractivity contribution in [3.63, 3.8) is 0 Å². The zero-order valence-electron chi connectivity index (χ0n) is 13.0. The quantitative estimate of drug-likeness (QED) is 0.726. The van der Waals surface area contributed by atoms with Gasteiger partial charge in [0.1, 0.15) is 0 Å². The summed E-state index contributed by atoms with van der Waals surface area (Å²) in [6.45, 7) is 12.2. The summed E-state index contributed by atoms with van der Waals surface area (Å²) in [4.78, 5) is 4.65. The highest BCUT2D eigenvalue weighted by atomic mass is 35.5. The van der Waals surface area contributed by atoms with Crippen molar-refractivity contribution in [2.24, 2.45) is 4.99 Å². The van der Waals surface area contributed by atoms with Crippen LogP contribution in [0.25, 0.3) is 0 Å². The van der Waals surface area contributed by atoms with E-state index < -0.39 is 8.32 Å². The standard InChI is InChI=1S/C16H24ClNOSi/c1-16(2,3)20(4,5)19-14-10-15(18-11-14)12-6-8-13(17)9-7-12/h6-9,14H,10-11H2,1-5H3/t14-/m0/s1. The number of aliphatic imine (C=N–C) groups is 1. The Morgan fingerprint density at radius 2 is 1.80 bits per heavy atom. The Bertz CT molecular complexity index is 502. The van der Waals surface area contributed by atoms with Gasteiger partial charge in [0.2, 0.25) is 0 Å².